The van der Waals surface area contributed by atoms with Gasteiger partial charge in [0.25, 0.3) is 0 Å². The molecule has 166 valence electrons. The van der Waals surface area contributed by atoms with E-state index in [1.807, 2.05) is 39.0 Å². The Hall–Kier alpha value is -1.38. The van der Waals surface area contributed by atoms with E-state index in [4.69, 9.17) is 18.9 Å². The fourth-order valence-electron chi connectivity index (χ4n) is 3.28. The van der Waals surface area contributed by atoms with Crippen LogP contribution in [-0.2, 0) is 16.0 Å². The number of methoxy groups -OCH3 is 2. The second-order valence-corrected chi connectivity index (χ2v) is 8.46. The monoisotopic (exact) mass is 410 g/mol. The van der Waals surface area contributed by atoms with Gasteiger partial charge in [0.1, 0.15) is 0 Å². The van der Waals surface area contributed by atoms with E-state index in [1.165, 1.54) is 0 Å². The van der Waals surface area contributed by atoms with E-state index < -0.39 is 6.10 Å². The molecular weight excluding hydrogens is 372 g/mol. The van der Waals surface area contributed by atoms with E-state index in [0.29, 0.717) is 13.2 Å². The summed E-state index contributed by atoms with van der Waals surface area (Å²) in [4.78, 5) is 4.68. The van der Waals surface area contributed by atoms with Crippen molar-refractivity contribution in [1.29, 1.82) is 0 Å². The van der Waals surface area contributed by atoms with Crippen LogP contribution in [0, 0.1) is 0 Å². The quantitative estimate of drug-likeness (QED) is 0.599. The Balaban J connectivity index is 2.00. The lowest BCUT2D eigenvalue weighted by Gasteiger charge is -2.31. The summed E-state index contributed by atoms with van der Waals surface area (Å²) >= 11 is 0. The second kappa shape index (κ2) is 11.7. The van der Waals surface area contributed by atoms with Gasteiger partial charge < -0.3 is 24.1 Å². The van der Waals surface area contributed by atoms with Crippen molar-refractivity contribution in [2.24, 2.45) is 0 Å². The predicted octanol–water partition coefficient (Wildman–Crippen LogP) is 2.01. The molecule has 2 rings (SSSR count). The first-order chi connectivity index (χ1) is 13.8. The summed E-state index contributed by atoms with van der Waals surface area (Å²) in [6.07, 6.45) is -0.543. The third kappa shape index (κ3) is 8.88. The normalized spacial score (nSPS) is 16.8. The van der Waals surface area contributed by atoms with Gasteiger partial charge in [-0.3, -0.25) is 9.80 Å². The number of benzene rings is 1. The minimum atomic E-state index is -0.543. The highest BCUT2D eigenvalue weighted by atomic mass is 16.5. The number of hydrogen-bond donors (Lipinski definition) is 1. The lowest BCUT2D eigenvalue weighted by Crippen LogP contribution is -2.43. The molecule has 1 saturated heterocycles. The van der Waals surface area contributed by atoms with E-state index in [9.17, 15) is 5.11 Å². The molecule has 0 aliphatic carbocycles. The van der Waals surface area contributed by atoms with Gasteiger partial charge in [-0.2, -0.15) is 0 Å². The largest absolute Gasteiger partial charge is 0.493 e. The number of aliphatic hydroxyl groups excluding tert-OH is 1. The molecule has 29 heavy (non-hydrogen) atoms. The number of nitrogens with zero attached hydrogens (tertiary/aromatic N) is 2. The molecule has 0 radical (unpaired) electrons. The Labute approximate surface area is 175 Å². The number of rotatable bonds is 11. The van der Waals surface area contributed by atoms with E-state index in [1.54, 1.807) is 14.2 Å². The minimum Gasteiger partial charge on any atom is -0.493 e. The fraction of sp³-hybridized carbons (Fsp3) is 0.727. The van der Waals surface area contributed by atoms with Crippen LogP contribution in [0.4, 0.5) is 0 Å². The van der Waals surface area contributed by atoms with E-state index >= 15 is 0 Å². The molecule has 1 aromatic carbocycles. The van der Waals surface area contributed by atoms with Crippen LogP contribution in [-0.4, -0.2) is 93.4 Å². The highest BCUT2D eigenvalue weighted by Crippen LogP contribution is 2.28. The van der Waals surface area contributed by atoms with Crippen molar-refractivity contribution in [3.63, 3.8) is 0 Å². The third-order valence-electron chi connectivity index (χ3n) is 4.87. The first-order valence-corrected chi connectivity index (χ1v) is 10.4. The molecule has 1 N–H and O–H groups in total. The van der Waals surface area contributed by atoms with E-state index in [2.05, 4.69) is 9.80 Å². The standard InChI is InChI=1S/C22H38N2O5/c1-22(2,3)29-17-19(25)16-24(9-8-23-10-12-28-13-11-23)15-18-6-7-20(26-4)21(14-18)27-5/h6-7,14,19,25H,8-13,15-17H2,1-5H3/t19-/m0/s1. The Morgan fingerprint density at radius 2 is 1.83 bits per heavy atom. The van der Waals surface area contributed by atoms with Crippen molar-refractivity contribution < 1.29 is 24.1 Å². The summed E-state index contributed by atoms with van der Waals surface area (Å²) in [7, 11) is 3.28. The molecule has 7 heteroatoms. The summed E-state index contributed by atoms with van der Waals surface area (Å²) in [5.41, 5.74) is 0.858. The predicted molar refractivity (Wildman–Crippen MR) is 114 cm³/mol. The summed E-state index contributed by atoms with van der Waals surface area (Å²) < 4.78 is 22.0. The van der Waals surface area contributed by atoms with Crippen LogP contribution in [0.5, 0.6) is 11.5 Å². The fourth-order valence-corrected chi connectivity index (χ4v) is 3.28. The van der Waals surface area contributed by atoms with Crippen molar-refractivity contribution in [1.82, 2.24) is 9.80 Å². The summed E-state index contributed by atoms with van der Waals surface area (Å²) in [5, 5.41) is 10.5. The van der Waals surface area contributed by atoms with Crippen LogP contribution >= 0.6 is 0 Å². The number of aliphatic hydroxyl groups is 1. The lowest BCUT2D eigenvalue weighted by atomic mass is 10.1. The van der Waals surface area contributed by atoms with Crippen molar-refractivity contribution in [3.8, 4) is 11.5 Å². The van der Waals surface area contributed by atoms with Crippen LogP contribution in [0.2, 0.25) is 0 Å². The molecule has 0 spiro atoms. The van der Waals surface area contributed by atoms with Gasteiger partial charge in [-0.15, -0.1) is 0 Å². The molecule has 1 aliphatic rings. The Morgan fingerprint density at radius 1 is 1.14 bits per heavy atom. The Kier molecular flexibility index (Phi) is 9.65. The molecule has 1 aromatic rings. The number of morpholine rings is 1. The van der Waals surface area contributed by atoms with Crippen molar-refractivity contribution in [2.75, 3.05) is 66.8 Å². The van der Waals surface area contributed by atoms with Gasteiger partial charge in [0, 0.05) is 39.3 Å². The molecular formula is C22H38N2O5. The topological polar surface area (TPSA) is 63.6 Å². The van der Waals surface area contributed by atoms with Crippen LogP contribution < -0.4 is 9.47 Å². The zero-order chi connectivity index (χ0) is 21.3. The first kappa shape index (κ1) is 23.9. The Morgan fingerprint density at radius 3 is 2.45 bits per heavy atom. The van der Waals surface area contributed by atoms with Crippen LogP contribution in [0.25, 0.3) is 0 Å². The average molecular weight is 411 g/mol. The van der Waals surface area contributed by atoms with Gasteiger partial charge in [-0.1, -0.05) is 6.07 Å². The summed E-state index contributed by atoms with van der Waals surface area (Å²) in [5.74, 6) is 1.43. The SMILES string of the molecule is COc1ccc(CN(CCN2CCOCC2)C[C@H](O)COC(C)(C)C)cc1OC. The van der Waals surface area contributed by atoms with Gasteiger partial charge in [0.2, 0.25) is 0 Å². The van der Waals surface area contributed by atoms with Gasteiger partial charge in [-0.05, 0) is 38.5 Å². The smallest absolute Gasteiger partial charge is 0.161 e. The maximum absolute atomic E-state index is 10.5. The highest BCUT2D eigenvalue weighted by molar-refractivity contribution is 5.42. The molecule has 0 bridgehead atoms. The molecule has 1 heterocycles. The van der Waals surface area contributed by atoms with Crippen molar-refractivity contribution in [2.45, 2.75) is 39.0 Å². The zero-order valence-corrected chi connectivity index (χ0v) is 18.6. The molecule has 0 unspecified atom stereocenters. The maximum Gasteiger partial charge on any atom is 0.161 e. The third-order valence-corrected chi connectivity index (χ3v) is 4.87. The molecule has 0 amide bonds. The van der Waals surface area contributed by atoms with Crippen LogP contribution in [0.15, 0.2) is 18.2 Å². The second-order valence-electron chi connectivity index (χ2n) is 8.46. The Bertz CT molecular complexity index is 599. The van der Waals surface area contributed by atoms with Crippen LogP contribution in [0.1, 0.15) is 26.3 Å². The molecule has 1 fully saturated rings. The molecule has 0 aromatic heterocycles. The molecule has 7 nitrogen and oxygen atoms in total. The lowest BCUT2D eigenvalue weighted by molar-refractivity contribution is -0.0575. The molecule has 1 atom stereocenters. The summed E-state index contributed by atoms with van der Waals surface area (Å²) in [6, 6.07) is 5.97. The van der Waals surface area contributed by atoms with Crippen molar-refractivity contribution >= 4 is 0 Å². The highest BCUT2D eigenvalue weighted by Gasteiger charge is 2.19. The van der Waals surface area contributed by atoms with Gasteiger partial charge in [0.15, 0.2) is 11.5 Å². The molecule has 0 saturated carbocycles. The zero-order valence-electron chi connectivity index (χ0n) is 18.6. The van der Waals surface area contributed by atoms with E-state index in [-0.39, 0.29) is 5.60 Å². The number of ether oxygens (including phenoxy) is 4. The summed E-state index contributed by atoms with van der Waals surface area (Å²) in [6.45, 7) is 12.9. The molecule has 1 aliphatic heterocycles. The van der Waals surface area contributed by atoms with Crippen molar-refractivity contribution in [3.05, 3.63) is 23.8 Å². The van der Waals surface area contributed by atoms with Gasteiger partial charge in [-0.25, -0.2) is 0 Å². The minimum absolute atomic E-state index is 0.261. The van der Waals surface area contributed by atoms with Gasteiger partial charge in [0.05, 0.1) is 45.7 Å². The van der Waals surface area contributed by atoms with Crippen LogP contribution in [0.3, 0.4) is 0 Å². The van der Waals surface area contributed by atoms with E-state index in [0.717, 1.165) is 63.0 Å². The number of hydrogen-bond acceptors (Lipinski definition) is 7. The van der Waals surface area contributed by atoms with Gasteiger partial charge >= 0.3 is 0 Å². The first-order valence-electron chi connectivity index (χ1n) is 10.4. The average Bonchev–Trinajstić information content (AvgIpc) is 2.70. The maximum atomic E-state index is 10.5.